The third-order valence-electron chi connectivity index (χ3n) is 5.91. The third kappa shape index (κ3) is 5.58. The van der Waals surface area contributed by atoms with E-state index in [1.165, 1.54) is 54.9 Å². The lowest BCUT2D eigenvalue weighted by Crippen LogP contribution is -2.40. The Balaban J connectivity index is 2.31. The molecule has 2 atom stereocenters. The monoisotopic (exact) mass is 384 g/mol. The molecule has 0 aliphatic carbocycles. The predicted octanol–water partition coefficient (Wildman–Crippen LogP) is 7.84. The zero-order valence-electron chi connectivity index (χ0n) is 18.5. The van der Waals surface area contributed by atoms with Crippen LogP contribution in [0.1, 0.15) is 84.1 Å². The highest BCUT2D eigenvalue weighted by Crippen LogP contribution is 2.43. The first-order chi connectivity index (χ1) is 13.7. The average Bonchev–Trinajstić information content (AvgIpc) is 2.73. The first-order valence-electron chi connectivity index (χ1n) is 11.4. The molecule has 0 heterocycles. The van der Waals surface area contributed by atoms with Crippen molar-refractivity contribution in [3.8, 4) is 0 Å². The summed E-state index contributed by atoms with van der Waals surface area (Å²) in [7, 11) is 1.82. The van der Waals surface area contributed by atoms with Crippen molar-refractivity contribution in [3.05, 3.63) is 48.0 Å². The van der Waals surface area contributed by atoms with Gasteiger partial charge in [-0.2, -0.15) is 0 Å². The molecule has 0 spiro atoms. The Labute approximate surface area is 172 Å². The van der Waals surface area contributed by atoms with E-state index in [-0.39, 0.29) is 0 Å². The summed E-state index contributed by atoms with van der Waals surface area (Å²) >= 11 is 0. The molecule has 0 aromatic heterocycles. The van der Waals surface area contributed by atoms with Gasteiger partial charge < -0.3 is 9.47 Å². The second-order valence-electron chi connectivity index (χ2n) is 7.87. The van der Waals surface area contributed by atoms with Crippen molar-refractivity contribution in [3.63, 3.8) is 0 Å². The Morgan fingerprint density at radius 2 is 1.50 bits per heavy atom. The van der Waals surface area contributed by atoms with Crippen molar-refractivity contribution in [2.75, 3.05) is 13.7 Å². The SMILES string of the molecule is CCCCCCCCC(CCC)C(OC)(OCC)c1cccc2ccccc12. The molecular formula is C26H40O2. The first-order valence-corrected chi connectivity index (χ1v) is 11.4. The van der Waals surface area contributed by atoms with Gasteiger partial charge in [0.05, 0.1) is 0 Å². The van der Waals surface area contributed by atoms with Crippen molar-refractivity contribution in [1.82, 2.24) is 0 Å². The van der Waals surface area contributed by atoms with Gasteiger partial charge in [-0.1, -0.05) is 101 Å². The molecule has 2 rings (SSSR count). The van der Waals surface area contributed by atoms with Gasteiger partial charge in [-0.3, -0.25) is 0 Å². The number of unbranched alkanes of at least 4 members (excludes halogenated alkanes) is 5. The van der Waals surface area contributed by atoms with Crippen LogP contribution in [0.25, 0.3) is 10.8 Å². The number of fused-ring (bicyclic) bond motifs is 1. The van der Waals surface area contributed by atoms with E-state index in [0.29, 0.717) is 12.5 Å². The summed E-state index contributed by atoms with van der Waals surface area (Å²) < 4.78 is 12.7. The van der Waals surface area contributed by atoms with Crippen LogP contribution < -0.4 is 0 Å². The fraction of sp³-hybridized carbons (Fsp3) is 0.615. The fourth-order valence-corrected chi connectivity index (χ4v) is 4.54. The van der Waals surface area contributed by atoms with E-state index >= 15 is 0 Å². The van der Waals surface area contributed by atoms with Gasteiger partial charge in [0.1, 0.15) is 0 Å². The van der Waals surface area contributed by atoms with Crippen molar-refractivity contribution in [2.45, 2.75) is 84.3 Å². The summed E-state index contributed by atoms with van der Waals surface area (Å²) in [6.07, 6.45) is 11.3. The highest BCUT2D eigenvalue weighted by Gasteiger charge is 2.42. The standard InChI is InChI=1S/C26H40O2/c1-5-8-9-10-11-12-19-23(16-6-2)26(27-4,28-7-3)25-21-15-18-22-17-13-14-20-24(22)25/h13-15,17-18,20-21,23H,5-12,16,19H2,1-4H3. The van der Waals surface area contributed by atoms with Crippen LogP contribution in [0, 0.1) is 5.92 Å². The summed E-state index contributed by atoms with van der Waals surface area (Å²) in [6, 6.07) is 15.1. The first kappa shape index (κ1) is 22.9. The van der Waals surface area contributed by atoms with Crippen molar-refractivity contribution >= 4 is 10.8 Å². The molecule has 0 fully saturated rings. The van der Waals surface area contributed by atoms with Gasteiger partial charge in [0.15, 0.2) is 5.79 Å². The van der Waals surface area contributed by atoms with Gasteiger partial charge in [-0.25, -0.2) is 0 Å². The average molecular weight is 385 g/mol. The van der Waals surface area contributed by atoms with Crippen LogP contribution in [0.5, 0.6) is 0 Å². The lowest BCUT2D eigenvalue weighted by Gasteiger charge is -2.40. The summed E-state index contributed by atoms with van der Waals surface area (Å²) in [6.45, 7) is 7.26. The van der Waals surface area contributed by atoms with Crippen molar-refractivity contribution in [1.29, 1.82) is 0 Å². The van der Waals surface area contributed by atoms with Gasteiger partial charge in [-0.15, -0.1) is 0 Å². The van der Waals surface area contributed by atoms with E-state index in [2.05, 4.69) is 63.2 Å². The molecule has 0 saturated heterocycles. The molecule has 28 heavy (non-hydrogen) atoms. The summed E-state index contributed by atoms with van der Waals surface area (Å²) in [4.78, 5) is 0. The van der Waals surface area contributed by atoms with Gasteiger partial charge in [0.25, 0.3) is 0 Å². The maximum atomic E-state index is 6.46. The van der Waals surface area contributed by atoms with E-state index in [4.69, 9.17) is 9.47 Å². The van der Waals surface area contributed by atoms with Gasteiger partial charge in [0.2, 0.25) is 0 Å². The van der Waals surface area contributed by atoms with E-state index in [1.54, 1.807) is 0 Å². The number of hydrogen-bond donors (Lipinski definition) is 0. The minimum atomic E-state index is -0.672. The Morgan fingerprint density at radius 1 is 0.786 bits per heavy atom. The van der Waals surface area contributed by atoms with Crippen LogP contribution in [0.3, 0.4) is 0 Å². The third-order valence-corrected chi connectivity index (χ3v) is 5.91. The van der Waals surface area contributed by atoms with Crippen LogP contribution in [0.4, 0.5) is 0 Å². The molecule has 0 aliphatic rings. The summed E-state index contributed by atoms with van der Waals surface area (Å²) in [5.41, 5.74) is 1.18. The van der Waals surface area contributed by atoms with Crippen molar-refractivity contribution in [2.24, 2.45) is 5.92 Å². The quantitative estimate of drug-likeness (QED) is 0.244. The molecule has 2 unspecified atom stereocenters. The van der Waals surface area contributed by atoms with Gasteiger partial charge in [-0.05, 0) is 30.5 Å². The lowest BCUT2D eigenvalue weighted by atomic mass is 9.82. The highest BCUT2D eigenvalue weighted by atomic mass is 16.7. The number of methoxy groups -OCH3 is 1. The highest BCUT2D eigenvalue weighted by molar-refractivity contribution is 5.86. The van der Waals surface area contributed by atoms with Gasteiger partial charge in [0, 0.05) is 25.2 Å². The van der Waals surface area contributed by atoms with Crippen LogP contribution >= 0.6 is 0 Å². The molecule has 0 aliphatic heterocycles. The van der Waals surface area contributed by atoms with Crippen LogP contribution in [0.2, 0.25) is 0 Å². The molecular weight excluding hydrogens is 344 g/mol. The Hall–Kier alpha value is -1.38. The molecule has 2 aromatic rings. The molecule has 0 N–H and O–H groups in total. The number of rotatable bonds is 14. The van der Waals surface area contributed by atoms with E-state index in [9.17, 15) is 0 Å². The molecule has 0 amide bonds. The van der Waals surface area contributed by atoms with Crippen LogP contribution in [0.15, 0.2) is 42.5 Å². The normalized spacial score (nSPS) is 14.9. The lowest BCUT2D eigenvalue weighted by molar-refractivity contribution is -0.264. The van der Waals surface area contributed by atoms with Crippen LogP contribution in [-0.2, 0) is 15.3 Å². The fourth-order valence-electron chi connectivity index (χ4n) is 4.54. The predicted molar refractivity (Wildman–Crippen MR) is 121 cm³/mol. The number of benzene rings is 2. The second-order valence-corrected chi connectivity index (χ2v) is 7.87. The second kappa shape index (κ2) is 12.2. The molecule has 0 radical (unpaired) electrons. The van der Waals surface area contributed by atoms with Crippen molar-refractivity contribution < 1.29 is 9.47 Å². The van der Waals surface area contributed by atoms with E-state index < -0.39 is 5.79 Å². The zero-order valence-corrected chi connectivity index (χ0v) is 18.5. The largest absolute Gasteiger partial charge is 0.349 e. The molecule has 0 saturated carbocycles. The Morgan fingerprint density at radius 3 is 2.21 bits per heavy atom. The minimum absolute atomic E-state index is 0.361. The Kier molecular flexibility index (Phi) is 10.0. The topological polar surface area (TPSA) is 18.5 Å². The maximum Gasteiger partial charge on any atom is 0.198 e. The van der Waals surface area contributed by atoms with Crippen LogP contribution in [-0.4, -0.2) is 13.7 Å². The van der Waals surface area contributed by atoms with E-state index in [1.807, 2.05) is 7.11 Å². The Bertz CT molecular complexity index is 676. The summed E-state index contributed by atoms with van der Waals surface area (Å²) in [5, 5.41) is 2.49. The minimum Gasteiger partial charge on any atom is -0.349 e. The number of ether oxygens (including phenoxy) is 2. The number of hydrogen-bond acceptors (Lipinski definition) is 2. The molecule has 0 bridgehead atoms. The summed E-state index contributed by atoms with van der Waals surface area (Å²) in [5.74, 6) is -0.311. The molecule has 156 valence electrons. The molecule has 2 nitrogen and oxygen atoms in total. The van der Waals surface area contributed by atoms with Gasteiger partial charge >= 0.3 is 0 Å². The molecule has 2 aromatic carbocycles. The smallest absolute Gasteiger partial charge is 0.198 e. The zero-order chi connectivity index (χ0) is 20.2. The molecule has 2 heteroatoms. The maximum absolute atomic E-state index is 6.46. The van der Waals surface area contributed by atoms with E-state index in [0.717, 1.165) is 19.3 Å².